The van der Waals surface area contributed by atoms with Crippen LogP contribution in [0.25, 0.3) is 0 Å². The molecule has 0 aliphatic carbocycles. The van der Waals surface area contributed by atoms with Crippen molar-refractivity contribution < 1.29 is 4.74 Å². The fourth-order valence-electron chi connectivity index (χ4n) is 1.50. The van der Waals surface area contributed by atoms with E-state index in [0.29, 0.717) is 12.5 Å². The molecule has 0 bridgehead atoms. The molecular weight excluding hydrogens is 242 g/mol. The lowest BCUT2D eigenvalue weighted by Crippen LogP contribution is -2.29. The molecule has 108 valence electrons. The summed E-state index contributed by atoms with van der Waals surface area (Å²) in [4.78, 5) is 11.9. The highest BCUT2D eigenvalue weighted by Gasteiger charge is 2.16. The lowest BCUT2D eigenvalue weighted by Gasteiger charge is -2.22. The predicted molar refractivity (Wildman–Crippen MR) is 77.5 cm³/mol. The standard InChI is InChI=1S/C14H25N3O2/c1-11(2)9-15-12-8-13(18)17(16-10-12)7-6-14(3,4)19-5/h8,10-11,15H,6-7,9H2,1-5H3. The van der Waals surface area contributed by atoms with Gasteiger partial charge in [-0.25, -0.2) is 4.68 Å². The largest absolute Gasteiger partial charge is 0.383 e. The quantitative estimate of drug-likeness (QED) is 0.822. The Balaban J connectivity index is 2.65. The summed E-state index contributed by atoms with van der Waals surface area (Å²) in [5.74, 6) is 0.532. The van der Waals surface area contributed by atoms with Gasteiger partial charge in [0.05, 0.1) is 17.5 Å². The second-order valence-corrected chi connectivity index (χ2v) is 5.79. The maximum absolute atomic E-state index is 11.9. The van der Waals surface area contributed by atoms with Gasteiger partial charge in [-0.15, -0.1) is 0 Å². The number of nitrogens with zero attached hydrogens (tertiary/aromatic N) is 2. The van der Waals surface area contributed by atoms with E-state index in [9.17, 15) is 4.79 Å². The smallest absolute Gasteiger partial charge is 0.268 e. The Morgan fingerprint density at radius 2 is 2.16 bits per heavy atom. The topological polar surface area (TPSA) is 56.1 Å². The van der Waals surface area contributed by atoms with Crippen molar-refractivity contribution in [3.63, 3.8) is 0 Å². The molecule has 0 unspecified atom stereocenters. The zero-order valence-electron chi connectivity index (χ0n) is 12.6. The van der Waals surface area contributed by atoms with Crippen molar-refractivity contribution in [2.24, 2.45) is 5.92 Å². The summed E-state index contributed by atoms with van der Waals surface area (Å²) >= 11 is 0. The van der Waals surface area contributed by atoms with Gasteiger partial charge in [0.25, 0.3) is 5.56 Å². The molecule has 0 aliphatic rings. The number of hydrogen-bond donors (Lipinski definition) is 1. The molecule has 0 aromatic carbocycles. The first kappa shape index (κ1) is 15.7. The maximum atomic E-state index is 11.9. The second kappa shape index (κ2) is 6.70. The molecule has 0 aliphatic heterocycles. The van der Waals surface area contributed by atoms with Crippen molar-refractivity contribution in [2.45, 2.75) is 46.3 Å². The van der Waals surface area contributed by atoms with Gasteiger partial charge in [-0.1, -0.05) is 13.8 Å². The number of nitrogens with one attached hydrogen (secondary N) is 1. The molecule has 1 rings (SSSR count). The highest BCUT2D eigenvalue weighted by atomic mass is 16.5. The fraction of sp³-hybridized carbons (Fsp3) is 0.714. The number of hydrogen-bond acceptors (Lipinski definition) is 4. The molecule has 0 amide bonds. The van der Waals surface area contributed by atoms with Crippen molar-refractivity contribution in [2.75, 3.05) is 19.0 Å². The number of aryl methyl sites for hydroxylation is 1. The summed E-state index contributed by atoms with van der Waals surface area (Å²) in [6.07, 6.45) is 2.44. The Labute approximate surface area is 115 Å². The van der Waals surface area contributed by atoms with Crippen LogP contribution in [0.5, 0.6) is 0 Å². The summed E-state index contributed by atoms with van der Waals surface area (Å²) in [6.45, 7) is 9.63. The van der Waals surface area contributed by atoms with Crippen LogP contribution in [0.1, 0.15) is 34.1 Å². The van der Waals surface area contributed by atoms with Crippen molar-refractivity contribution in [1.29, 1.82) is 0 Å². The van der Waals surface area contributed by atoms with Gasteiger partial charge in [0.15, 0.2) is 0 Å². The number of anilines is 1. The van der Waals surface area contributed by atoms with Gasteiger partial charge >= 0.3 is 0 Å². The second-order valence-electron chi connectivity index (χ2n) is 5.79. The normalized spacial score (nSPS) is 11.9. The minimum atomic E-state index is -0.240. The molecule has 1 heterocycles. The van der Waals surface area contributed by atoms with Gasteiger partial charge in [-0.3, -0.25) is 4.79 Å². The third kappa shape index (κ3) is 5.42. The zero-order chi connectivity index (χ0) is 14.5. The van der Waals surface area contributed by atoms with E-state index < -0.39 is 0 Å². The molecule has 19 heavy (non-hydrogen) atoms. The van der Waals surface area contributed by atoms with Gasteiger partial charge in [0, 0.05) is 26.3 Å². The molecule has 1 N–H and O–H groups in total. The predicted octanol–water partition coefficient (Wildman–Crippen LogP) is 2.13. The van der Waals surface area contributed by atoms with Crippen LogP contribution in [0, 0.1) is 5.92 Å². The van der Waals surface area contributed by atoms with Crippen LogP contribution >= 0.6 is 0 Å². The Bertz CT molecular complexity index is 452. The van der Waals surface area contributed by atoms with E-state index in [1.807, 2.05) is 13.8 Å². The monoisotopic (exact) mass is 267 g/mol. The molecule has 5 nitrogen and oxygen atoms in total. The Morgan fingerprint density at radius 3 is 2.68 bits per heavy atom. The molecule has 0 saturated carbocycles. The molecule has 5 heteroatoms. The van der Waals surface area contributed by atoms with Crippen molar-refractivity contribution in [3.05, 3.63) is 22.6 Å². The molecule has 0 saturated heterocycles. The zero-order valence-corrected chi connectivity index (χ0v) is 12.6. The summed E-state index contributed by atoms with van der Waals surface area (Å²) in [7, 11) is 1.68. The maximum Gasteiger partial charge on any atom is 0.268 e. The highest BCUT2D eigenvalue weighted by molar-refractivity contribution is 5.38. The number of rotatable bonds is 7. The van der Waals surface area contributed by atoms with Crippen LogP contribution in [-0.4, -0.2) is 29.0 Å². The third-order valence-corrected chi connectivity index (χ3v) is 3.06. The summed E-state index contributed by atoms with van der Waals surface area (Å²) < 4.78 is 6.81. The molecule has 1 aromatic heterocycles. The molecule has 0 spiro atoms. The van der Waals surface area contributed by atoms with E-state index in [2.05, 4.69) is 24.3 Å². The lowest BCUT2D eigenvalue weighted by atomic mass is 10.1. The van der Waals surface area contributed by atoms with Crippen LogP contribution in [0.15, 0.2) is 17.1 Å². The first-order valence-electron chi connectivity index (χ1n) is 6.70. The minimum Gasteiger partial charge on any atom is -0.383 e. The molecular formula is C14H25N3O2. The van der Waals surface area contributed by atoms with Crippen LogP contribution < -0.4 is 10.9 Å². The van der Waals surface area contributed by atoms with E-state index in [-0.39, 0.29) is 11.2 Å². The van der Waals surface area contributed by atoms with E-state index in [4.69, 9.17) is 4.74 Å². The van der Waals surface area contributed by atoms with Crippen LogP contribution in [0.3, 0.4) is 0 Å². The van der Waals surface area contributed by atoms with Gasteiger partial charge < -0.3 is 10.1 Å². The number of aromatic nitrogens is 2. The Kier molecular flexibility index (Phi) is 5.54. The molecule has 1 aromatic rings. The highest BCUT2D eigenvalue weighted by Crippen LogP contribution is 2.13. The van der Waals surface area contributed by atoms with Crippen molar-refractivity contribution >= 4 is 5.69 Å². The van der Waals surface area contributed by atoms with Crippen LogP contribution in [0.2, 0.25) is 0 Å². The molecule has 0 radical (unpaired) electrons. The average molecular weight is 267 g/mol. The van der Waals surface area contributed by atoms with Crippen LogP contribution in [0.4, 0.5) is 5.69 Å². The Hall–Kier alpha value is -1.36. The summed E-state index contributed by atoms with van der Waals surface area (Å²) in [5.41, 5.74) is 0.456. The van der Waals surface area contributed by atoms with Crippen molar-refractivity contribution in [3.8, 4) is 0 Å². The average Bonchev–Trinajstić information content (AvgIpc) is 2.35. The van der Waals surface area contributed by atoms with Gasteiger partial charge in [-0.05, 0) is 26.2 Å². The van der Waals surface area contributed by atoms with E-state index in [0.717, 1.165) is 18.7 Å². The first-order chi connectivity index (χ1) is 8.84. The number of ether oxygens (including phenoxy) is 1. The minimum absolute atomic E-state index is 0.0827. The van der Waals surface area contributed by atoms with Crippen molar-refractivity contribution in [1.82, 2.24) is 9.78 Å². The van der Waals surface area contributed by atoms with Crippen LogP contribution in [-0.2, 0) is 11.3 Å². The van der Waals surface area contributed by atoms with E-state index in [1.54, 1.807) is 19.4 Å². The summed E-state index contributed by atoms with van der Waals surface area (Å²) in [6, 6.07) is 1.59. The third-order valence-electron chi connectivity index (χ3n) is 3.06. The number of methoxy groups -OCH3 is 1. The van der Waals surface area contributed by atoms with E-state index >= 15 is 0 Å². The molecule has 0 fully saturated rings. The first-order valence-corrected chi connectivity index (χ1v) is 6.70. The molecule has 0 atom stereocenters. The fourth-order valence-corrected chi connectivity index (χ4v) is 1.50. The van der Waals surface area contributed by atoms with Gasteiger partial charge in [-0.2, -0.15) is 5.10 Å². The van der Waals surface area contributed by atoms with Gasteiger partial charge in [0.2, 0.25) is 0 Å². The SMILES string of the molecule is COC(C)(C)CCn1ncc(NCC(C)C)cc1=O. The summed E-state index contributed by atoms with van der Waals surface area (Å²) in [5, 5.41) is 7.37. The Morgan fingerprint density at radius 1 is 1.47 bits per heavy atom. The lowest BCUT2D eigenvalue weighted by molar-refractivity contribution is 0.0110. The van der Waals surface area contributed by atoms with Gasteiger partial charge in [0.1, 0.15) is 0 Å². The van der Waals surface area contributed by atoms with E-state index in [1.165, 1.54) is 4.68 Å².